The molecule has 1 aliphatic rings. The Morgan fingerprint density at radius 3 is 2.78 bits per heavy atom. The highest BCUT2D eigenvalue weighted by Crippen LogP contribution is 2.15. The molecule has 1 fully saturated rings. The fraction of sp³-hybridized carbons (Fsp3) is 0.231. The summed E-state index contributed by atoms with van der Waals surface area (Å²) in [6.45, 7) is 3.72. The molecule has 1 atom stereocenters. The number of cyclic esters (lactones) is 1. The normalized spacial score (nSPS) is 21.9. The number of nitrogens with one attached hydrogen (secondary N) is 1. The van der Waals surface area contributed by atoms with E-state index >= 15 is 0 Å². The summed E-state index contributed by atoms with van der Waals surface area (Å²) in [7, 11) is 0. The standard InChI is InChI=1S/C13H13NO4/c1-2-13(9-18-12(16)14-13)8-17-11(15)10-6-4-3-5-7-10/h2-7H,1,8-9H2,(H,14,16)/t13-/m0/s1. The molecular weight excluding hydrogens is 234 g/mol. The van der Waals surface area contributed by atoms with Gasteiger partial charge in [0.15, 0.2) is 0 Å². The van der Waals surface area contributed by atoms with Crippen molar-refractivity contribution >= 4 is 12.1 Å². The van der Waals surface area contributed by atoms with Crippen molar-refractivity contribution in [1.82, 2.24) is 5.32 Å². The minimum absolute atomic E-state index is 0.00400. The summed E-state index contributed by atoms with van der Waals surface area (Å²) in [5, 5.41) is 2.57. The second-order valence-corrected chi connectivity index (χ2v) is 4.00. The lowest BCUT2D eigenvalue weighted by Gasteiger charge is -2.21. The van der Waals surface area contributed by atoms with E-state index in [1.165, 1.54) is 6.08 Å². The molecule has 1 aromatic rings. The van der Waals surface area contributed by atoms with Gasteiger partial charge in [-0.1, -0.05) is 24.3 Å². The van der Waals surface area contributed by atoms with E-state index in [4.69, 9.17) is 9.47 Å². The second kappa shape index (κ2) is 4.91. The van der Waals surface area contributed by atoms with Gasteiger partial charge in [-0.3, -0.25) is 0 Å². The molecule has 1 amide bonds. The van der Waals surface area contributed by atoms with Crippen LogP contribution in [0.4, 0.5) is 4.79 Å². The smallest absolute Gasteiger partial charge is 0.408 e. The minimum atomic E-state index is -0.832. The number of benzene rings is 1. The van der Waals surface area contributed by atoms with Crippen molar-refractivity contribution in [1.29, 1.82) is 0 Å². The average molecular weight is 247 g/mol. The third-order valence-corrected chi connectivity index (χ3v) is 2.67. The zero-order valence-corrected chi connectivity index (χ0v) is 9.72. The number of carbonyl (C=O) groups excluding carboxylic acids is 2. The van der Waals surface area contributed by atoms with Gasteiger partial charge in [-0.25, -0.2) is 9.59 Å². The van der Waals surface area contributed by atoms with Gasteiger partial charge in [0.05, 0.1) is 5.56 Å². The highest BCUT2D eigenvalue weighted by atomic mass is 16.6. The molecule has 0 unspecified atom stereocenters. The number of carbonyl (C=O) groups is 2. The van der Waals surface area contributed by atoms with Gasteiger partial charge >= 0.3 is 12.1 Å². The third kappa shape index (κ3) is 2.51. The highest BCUT2D eigenvalue weighted by Gasteiger charge is 2.38. The summed E-state index contributed by atoms with van der Waals surface area (Å²) in [6, 6.07) is 8.63. The molecule has 0 aromatic heterocycles. The van der Waals surface area contributed by atoms with Crippen LogP contribution in [0.25, 0.3) is 0 Å². The molecule has 1 heterocycles. The summed E-state index contributed by atoms with van der Waals surface area (Å²) in [6.07, 6.45) is 0.974. The van der Waals surface area contributed by atoms with Gasteiger partial charge in [-0.15, -0.1) is 6.58 Å². The molecule has 0 saturated carbocycles. The molecule has 0 spiro atoms. The van der Waals surface area contributed by atoms with Gasteiger partial charge in [0.1, 0.15) is 18.8 Å². The van der Waals surface area contributed by atoms with Crippen LogP contribution < -0.4 is 5.32 Å². The van der Waals surface area contributed by atoms with E-state index in [9.17, 15) is 9.59 Å². The number of alkyl carbamates (subject to hydrolysis) is 1. The second-order valence-electron chi connectivity index (χ2n) is 4.00. The lowest BCUT2D eigenvalue weighted by molar-refractivity contribution is 0.0418. The van der Waals surface area contributed by atoms with Crippen LogP contribution in [0.3, 0.4) is 0 Å². The average Bonchev–Trinajstić information content (AvgIpc) is 2.79. The largest absolute Gasteiger partial charge is 0.459 e. The monoisotopic (exact) mass is 247 g/mol. The number of hydrogen-bond donors (Lipinski definition) is 1. The Morgan fingerprint density at radius 1 is 1.50 bits per heavy atom. The first-order valence-corrected chi connectivity index (χ1v) is 5.46. The van der Waals surface area contributed by atoms with E-state index in [2.05, 4.69) is 11.9 Å². The maximum atomic E-state index is 11.7. The molecular formula is C13H13NO4. The summed E-state index contributed by atoms with van der Waals surface area (Å²) in [4.78, 5) is 22.7. The Bertz CT molecular complexity index is 471. The maximum absolute atomic E-state index is 11.7. The quantitative estimate of drug-likeness (QED) is 0.647. The van der Waals surface area contributed by atoms with Gasteiger partial charge in [0.25, 0.3) is 0 Å². The van der Waals surface area contributed by atoms with Crippen molar-refractivity contribution in [2.24, 2.45) is 0 Å². The molecule has 18 heavy (non-hydrogen) atoms. The highest BCUT2D eigenvalue weighted by molar-refractivity contribution is 5.89. The van der Waals surface area contributed by atoms with Crippen LogP contribution in [0.2, 0.25) is 0 Å². The number of hydrogen-bond acceptors (Lipinski definition) is 4. The number of ether oxygens (including phenoxy) is 2. The fourth-order valence-electron chi connectivity index (χ4n) is 1.57. The van der Waals surface area contributed by atoms with Gasteiger partial charge in [0, 0.05) is 0 Å². The first-order valence-electron chi connectivity index (χ1n) is 5.46. The molecule has 0 radical (unpaired) electrons. The molecule has 94 valence electrons. The fourth-order valence-corrected chi connectivity index (χ4v) is 1.57. The zero-order valence-electron chi connectivity index (χ0n) is 9.72. The molecule has 1 aliphatic heterocycles. The maximum Gasteiger partial charge on any atom is 0.408 e. The summed E-state index contributed by atoms with van der Waals surface area (Å²) in [5.74, 6) is -0.446. The number of esters is 1. The van der Waals surface area contributed by atoms with Crippen molar-refractivity contribution in [2.75, 3.05) is 13.2 Å². The third-order valence-electron chi connectivity index (χ3n) is 2.67. The van der Waals surface area contributed by atoms with E-state index in [0.29, 0.717) is 5.56 Å². The van der Waals surface area contributed by atoms with Crippen molar-refractivity contribution in [3.8, 4) is 0 Å². The molecule has 1 saturated heterocycles. The first-order chi connectivity index (χ1) is 8.65. The predicted molar refractivity (Wildman–Crippen MR) is 64.1 cm³/mol. The van der Waals surface area contributed by atoms with Crippen molar-refractivity contribution in [2.45, 2.75) is 5.54 Å². The van der Waals surface area contributed by atoms with E-state index < -0.39 is 17.6 Å². The molecule has 0 bridgehead atoms. The van der Waals surface area contributed by atoms with Crippen LogP contribution >= 0.6 is 0 Å². The molecule has 0 aliphatic carbocycles. The minimum Gasteiger partial charge on any atom is -0.459 e. The Labute approximate surface area is 104 Å². The molecule has 5 heteroatoms. The SMILES string of the molecule is C=C[C@]1(COC(=O)c2ccccc2)COC(=O)N1. The summed E-state index contributed by atoms with van der Waals surface area (Å²) >= 11 is 0. The van der Waals surface area contributed by atoms with Crippen LogP contribution in [0.5, 0.6) is 0 Å². The first kappa shape index (κ1) is 12.2. The lowest BCUT2D eigenvalue weighted by Crippen LogP contribution is -2.46. The van der Waals surface area contributed by atoms with Crippen molar-refractivity contribution in [3.63, 3.8) is 0 Å². The molecule has 1 aromatic carbocycles. The summed E-state index contributed by atoms with van der Waals surface area (Å²) in [5.41, 5.74) is -0.372. The van der Waals surface area contributed by atoms with Crippen LogP contribution in [0.15, 0.2) is 43.0 Å². The lowest BCUT2D eigenvalue weighted by atomic mass is 10.0. The summed E-state index contributed by atoms with van der Waals surface area (Å²) < 4.78 is 9.93. The van der Waals surface area contributed by atoms with E-state index in [0.717, 1.165) is 0 Å². The molecule has 2 rings (SSSR count). The Kier molecular flexibility index (Phi) is 3.32. The van der Waals surface area contributed by atoms with Gasteiger partial charge < -0.3 is 14.8 Å². The predicted octanol–water partition coefficient (Wildman–Crippen LogP) is 1.51. The van der Waals surface area contributed by atoms with Crippen LogP contribution in [-0.2, 0) is 9.47 Å². The Balaban J connectivity index is 1.97. The van der Waals surface area contributed by atoms with Crippen LogP contribution in [0.1, 0.15) is 10.4 Å². The number of rotatable bonds is 4. The Hall–Kier alpha value is -2.30. The van der Waals surface area contributed by atoms with E-state index in [-0.39, 0.29) is 13.2 Å². The molecule has 5 nitrogen and oxygen atoms in total. The van der Waals surface area contributed by atoms with Crippen molar-refractivity contribution < 1.29 is 19.1 Å². The Morgan fingerprint density at radius 2 is 2.22 bits per heavy atom. The van der Waals surface area contributed by atoms with E-state index in [1.807, 2.05) is 6.07 Å². The van der Waals surface area contributed by atoms with Gasteiger partial charge in [-0.05, 0) is 12.1 Å². The van der Waals surface area contributed by atoms with Gasteiger partial charge in [-0.2, -0.15) is 0 Å². The zero-order chi connectivity index (χ0) is 13.0. The van der Waals surface area contributed by atoms with Gasteiger partial charge in [0.2, 0.25) is 0 Å². The topological polar surface area (TPSA) is 64.6 Å². The van der Waals surface area contributed by atoms with Crippen LogP contribution in [0, 0.1) is 0 Å². The van der Waals surface area contributed by atoms with Crippen LogP contribution in [-0.4, -0.2) is 30.8 Å². The van der Waals surface area contributed by atoms with E-state index in [1.54, 1.807) is 24.3 Å². The number of amides is 1. The van der Waals surface area contributed by atoms with Crippen molar-refractivity contribution in [3.05, 3.63) is 48.6 Å². The molecule has 1 N–H and O–H groups in total.